The van der Waals surface area contributed by atoms with Crippen molar-refractivity contribution in [2.75, 3.05) is 0 Å². The quantitative estimate of drug-likeness (QED) is 0.885. The molecule has 0 aliphatic heterocycles. The van der Waals surface area contributed by atoms with E-state index >= 15 is 0 Å². The zero-order valence-electron chi connectivity index (χ0n) is 9.47. The summed E-state index contributed by atoms with van der Waals surface area (Å²) in [6.07, 6.45) is 0.290. The van der Waals surface area contributed by atoms with E-state index in [0.29, 0.717) is 21.7 Å². The summed E-state index contributed by atoms with van der Waals surface area (Å²) in [6, 6.07) is 1.65. The van der Waals surface area contributed by atoms with Gasteiger partial charge in [-0.2, -0.15) is 0 Å². The van der Waals surface area contributed by atoms with Crippen molar-refractivity contribution in [3.05, 3.63) is 33.6 Å². The molecule has 0 aromatic heterocycles. The van der Waals surface area contributed by atoms with Crippen molar-refractivity contribution in [3.63, 3.8) is 0 Å². The zero-order valence-corrected chi connectivity index (χ0v) is 10.2. The molecule has 4 heteroatoms. The highest BCUT2D eigenvalue weighted by molar-refractivity contribution is 6.31. The first-order valence-electron chi connectivity index (χ1n) is 5.01. The number of carboxylic acids is 1. The molecule has 1 aromatic rings. The second-order valence-corrected chi connectivity index (χ2v) is 4.43. The molecule has 0 saturated heterocycles. The first-order valence-corrected chi connectivity index (χ1v) is 5.39. The maximum Gasteiger partial charge on any atom is 0.306 e. The Kier molecular flexibility index (Phi) is 3.92. The molecule has 0 fully saturated rings. The van der Waals surface area contributed by atoms with E-state index in [0.717, 1.165) is 0 Å². The van der Waals surface area contributed by atoms with Gasteiger partial charge in [-0.05, 0) is 37.5 Å². The van der Waals surface area contributed by atoms with Crippen molar-refractivity contribution in [2.45, 2.75) is 27.2 Å². The Bertz CT molecular complexity index is 430. The summed E-state index contributed by atoms with van der Waals surface area (Å²) in [5.74, 6) is -1.78. The van der Waals surface area contributed by atoms with Crippen LogP contribution in [0, 0.1) is 25.6 Å². The van der Waals surface area contributed by atoms with Crippen molar-refractivity contribution in [1.82, 2.24) is 0 Å². The third-order valence-corrected chi connectivity index (χ3v) is 3.14. The Morgan fingerprint density at radius 2 is 2.06 bits per heavy atom. The lowest BCUT2D eigenvalue weighted by Gasteiger charge is -2.12. The standard InChI is InChI=1S/C12H14ClFO2/c1-6(12(15)16)4-9-5-10(13)8(3)11(14)7(9)2/h5-6H,4H2,1-3H3,(H,15,16). The summed E-state index contributed by atoms with van der Waals surface area (Å²) in [4.78, 5) is 10.7. The van der Waals surface area contributed by atoms with Crippen molar-refractivity contribution in [2.24, 2.45) is 5.92 Å². The predicted octanol–water partition coefficient (Wildman–Crippen LogP) is 3.36. The minimum Gasteiger partial charge on any atom is -0.481 e. The smallest absolute Gasteiger partial charge is 0.306 e. The second-order valence-electron chi connectivity index (χ2n) is 4.02. The van der Waals surface area contributed by atoms with Gasteiger partial charge in [-0.3, -0.25) is 4.79 Å². The largest absolute Gasteiger partial charge is 0.481 e. The average molecular weight is 245 g/mol. The molecule has 88 valence electrons. The Morgan fingerprint density at radius 3 is 2.56 bits per heavy atom. The van der Waals surface area contributed by atoms with E-state index in [-0.39, 0.29) is 12.2 Å². The van der Waals surface area contributed by atoms with Crippen molar-refractivity contribution in [3.8, 4) is 0 Å². The van der Waals surface area contributed by atoms with E-state index < -0.39 is 11.9 Å². The van der Waals surface area contributed by atoms with E-state index in [2.05, 4.69) is 0 Å². The van der Waals surface area contributed by atoms with Gasteiger partial charge in [-0.1, -0.05) is 18.5 Å². The number of aliphatic carboxylic acids is 1. The van der Waals surface area contributed by atoms with Crippen LogP contribution in [0.2, 0.25) is 5.02 Å². The van der Waals surface area contributed by atoms with Crippen molar-refractivity contribution < 1.29 is 14.3 Å². The maximum absolute atomic E-state index is 13.7. The molecule has 0 heterocycles. The minimum absolute atomic E-state index is 0.290. The molecular weight excluding hydrogens is 231 g/mol. The molecule has 0 amide bonds. The van der Waals surface area contributed by atoms with Crippen LogP contribution in [0.25, 0.3) is 0 Å². The van der Waals surface area contributed by atoms with Crippen LogP contribution in [-0.4, -0.2) is 11.1 Å². The number of rotatable bonds is 3. The lowest BCUT2D eigenvalue weighted by atomic mass is 9.95. The highest BCUT2D eigenvalue weighted by Crippen LogP contribution is 2.26. The molecule has 0 aliphatic carbocycles. The molecule has 1 N–H and O–H groups in total. The molecule has 0 bridgehead atoms. The number of benzene rings is 1. The summed E-state index contributed by atoms with van der Waals surface area (Å²) in [5, 5.41) is 9.14. The van der Waals surface area contributed by atoms with Gasteiger partial charge in [0.1, 0.15) is 5.82 Å². The number of hydrogen-bond donors (Lipinski definition) is 1. The topological polar surface area (TPSA) is 37.3 Å². The first kappa shape index (κ1) is 13.0. The summed E-state index contributed by atoms with van der Waals surface area (Å²) >= 11 is 5.87. The summed E-state index contributed by atoms with van der Waals surface area (Å²) in [7, 11) is 0. The second kappa shape index (κ2) is 4.83. The molecule has 2 nitrogen and oxygen atoms in total. The highest BCUT2D eigenvalue weighted by Gasteiger charge is 2.17. The predicted molar refractivity (Wildman–Crippen MR) is 61.4 cm³/mol. The summed E-state index contributed by atoms with van der Waals surface area (Å²) < 4.78 is 13.7. The van der Waals surface area contributed by atoms with Gasteiger partial charge in [0.15, 0.2) is 0 Å². The van der Waals surface area contributed by atoms with Crippen molar-refractivity contribution >= 4 is 17.6 Å². The molecule has 0 saturated carbocycles. The minimum atomic E-state index is -0.892. The van der Waals surface area contributed by atoms with E-state index in [1.54, 1.807) is 26.8 Å². The van der Waals surface area contributed by atoms with Crippen LogP contribution < -0.4 is 0 Å². The Hall–Kier alpha value is -1.09. The Labute approximate surface area is 99.0 Å². The number of carboxylic acid groups (broad SMARTS) is 1. The number of carbonyl (C=O) groups is 1. The Balaban J connectivity index is 3.11. The normalized spacial score (nSPS) is 12.6. The molecular formula is C12H14ClFO2. The molecule has 1 unspecified atom stereocenters. The SMILES string of the molecule is Cc1c(Cl)cc(CC(C)C(=O)O)c(C)c1F. The highest BCUT2D eigenvalue weighted by atomic mass is 35.5. The van der Waals surface area contributed by atoms with Gasteiger partial charge in [-0.15, -0.1) is 0 Å². The van der Waals surface area contributed by atoms with Crippen LogP contribution in [0.5, 0.6) is 0 Å². The third kappa shape index (κ3) is 2.53. The molecule has 1 aromatic carbocycles. The lowest BCUT2D eigenvalue weighted by Crippen LogP contribution is -2.13. The average Bonchev–Trinajstić information content (AvgIpc) is 2.22. The third-order valence-electron chi connectivity index (χ3n) is 2.75. The van der Waals surface area contributed by atoms with Crippen LogP contribution in [0.4, 0.5) is 4.39 Å². The molecule has 0 aliphatic rings. The van der Waals surface area contributed by atoms with Gasteiger partial charge in [-0.25, -0.2) is 4.39 Å². The fourth-order valence-electron chi connectivity index (χ4n) is 1.53. The van der Waals surface area contributed by atoms with E-state index in [1.807, 2.05) is 0 Å². The Morgan fingerprint density at radius 1 is 1.50 bits per heavy atom. The lowest BCUT2D eigenvalue weighted by molar-refractivity contribution is -0.141. The van der Waals surface area contributed by atoms with Gasteiger partial charge < -0.3 is 5.11 Å². The van der Waals surface area contributed by atoms with Crippen LogP contribution in [0.1, 0.15) is 23.6 Å². The monoisotopic (exact) mass is 244 g/mol. The van der Waals surface area contributed by atoms with Gasteiger partial charge >= 0.3 is 5.97 Å². The molecule has 1 atom stereocenters. The van der Waals surface area contributed by atoms with E-state index in [1.165, 1.54) is 0 Å². The summed E-state index contributed by atoms with van der Waals surface area (Å²) in [5.41, 5.74) is 1.55. The summed E-state index contributed by atoms with van der Waals surface area (Å²) in [6.45, 7) is 4.84. The zero-order chi connectivity index (χ0) is 12.5. The fraction of sp³-hybridized carbons (Fsp3) is 0.417. The molecule has 0 spiro atoms. The number of hydrogen-bond acceptors (Lipinski definition) is 1. The van der Waals surface area contributed by atoms with Gasteiger partial charge in [0.05, 0.1) is 5.92 Å². The van der Waals surface area contributed by atoms with Crippen LogP contribution >= 0.6 is 11.6 Å². The maximum atomic E-state index is 13.7. The molecule has 1 rings (SSSR count). The number of halogens is 2. The van der Waals surface area contributed by atoms with Crippen molar-refractivity contribution in [1.29, 1.82) is 0 Å². The van der Waals surface area contributed by atoms with Crippen LogP contribution in [0.3, 0.4) is 0 Å². The van der Waals surface area contributed by atoms with Gasteiger partial charge in [0.25, 0.3) is 0 Å². The van der Waals surface area contributed by atoms with Gasteiger partial charge in [0, 0.05) is 10.6 Å². The molecule has 16 heavy (non-hydrogen) atoms. The first-order chi connectivity index (χ1) is 7.34. The fourth-order valence-corrected chi connectivity index (χ4v) is 1.74. The molecule has 0 radical (unpaired) electrons. The van der Waals surface area contributed by atoms with Crippen LogP contribution in [0.15, 0.2) is 6.07 Å². The van der Waals surface area contributed by atoms with Crippen LogP contribution in [-0.2, 0) is 11.2 Å². The van der Waals surface area contributed by atoms with E-state index in [4.69, 9.17) is 16.7 Å². The van der Waals surface area contributed by atoms with E-state index in [9.17, 15) is 9.18 Å². The van der Waals surface area contributed by atoms with Gasteiger partial charge in [0.2, 0.25) is 0 Å².